The van der Waals surface area contributed by atoms with Crippen LogP contribution in [-0.4, -0.2) is 37.5 Å². The third-order valence-electron chi connectivity index (χ3n) is 29.4. The average Bonchev–Trinajstić information content (AvgIpc) is 1.54. The summed E-state index contributed by atoms with van der Waals surface area (Å²) in [6, 6.07) is 138. The van der Waals surface area contributed by atoms with Gasteiger partial charge in [0.15, 0.2) is 0 Å². The van der Waals surface area contributed by atoms with Crippen molar-refractivity contribution in [1.29, 1.82) is 0 Å². The van der Waals surface area contributed by atoms with Gasteiger partial charge in [-0.25, -0.2) is 19.9 Å². The van der Waals surface area contributed by atoms with E-state index in [1.54, 1.807) is 0 Å². The zero-order chi connectivity index (χ0) is 90.7. The van der Waals surface area contributed by atoms with Crippen molar-refractivity contribution in [2.24, 2.45) is 0 Å². The molecule has 16 aromatic heterocycles. The SMILES string of the molecule is c1ccc2c(c1)nc1c3c(ccc4c5ccccc5oc43)c3cc4c(cc3n21)sc1ccccc14.c1ccc2c(c1)nc1c3c(ccc4c5ccccc5oc43)c3cc4sc5ccccc5c4cc3n21.c1ccc2c(c1)nc1c3c(ccc4c5ccccc5oc43)c3ccc4sc5ccccc5c4c3n21.c1ccc2c(c1)nc1c3cc4oc5ccccc5c4cc3c3cc4c(cc3n21)sc1ccccc14. The van der Waals surface area contributed by atoms with Gasteiger partial charge in [-0.15, -0.1) is 45.3 Å². The summed E-state index contributed by atoms with van der Waals surface area (Å²) in [5, 5.41) is 33.4. The Kier molecular flexibility index (Phi) is 15.2. The highest BCUT2D eigenvalue weighted by atomic mass is 32.1. The van der Waals surface area contributed by atoms with Crippen LogP contribution in [-0.2, 0) is 0 Å². The van der Waals surface area contributed by atoms with Crippen molar-refractivity contribution in [2.75, 3.05) is 0 Å². The Hall–Kier alpha value is -17.6. The fraction of sp³-hybridized carbons (Fsp3) is 0. The summed E-state index contributed by atoms with van der Waals surface area (Å²) in [4.78, 5) is 20.6. The quantitative estimate of drug-likeness (QED) is 0.138. The first-order chi connectivity index (χ1) is 69.4. The highest BCUT2D eigenvalue weighted by molar-refractivity contribution is 7.27. The molecule has 0 spiro atoms. The lowest BCUT2D eigenvalue weighted by molar-refractivity contribution is 0.669. The molecule has 140 heavy (non-hydrogen) atoms. The fourth-order valence-electron chi connectivity index (χ4n) is 23.4. The van der Waals surface area contributed by atoms with Crippen molar-refractivity contribution in [3.8, 4) is 0 Å². The third-order valence-corrected chi connectivity index (χ3v) is 34.0. The number of aromatic nitrogens is 8. The molecule has 0 amide bonds. The highest BCUT2D eigenvalue weighted by Crippen LogP contribution is 2.52. The number of fused-ring (bicyclic) bond motifs is 60. The molecule has 36 rings (SSSR count). The zero-order valence-corrected chi connectivity index (χ0v) is 77.1. The van der Waals surface area contributed by atoms with Gasteiger partial charge in [0.05, 0.1) is 82.4 Å². The second-order valence-electron chi connectivity index (χ2n) is 36.7. The lowest BCUT2D eigenvalue weighted by Crippen LogP contribution is -1.92. The molecule has 0 radical (unpaired) electrons. The molecule has 36 aromatic rings. The van der Waals surface area contributed by atoms with Crippen LogP contribution >= 0.6 is 45.3 Å². The number of imidazole rings is 4. The summed E-state index contributed by atoms with van der Waals surface area (Å²) in [6.45, 7) is 0. The van der Waals surface area contributed by atoms with Crippen molar-refractivity contribution >= 4 is 367 Å². The van der Waals surface area contributed by atoms with Gasteiger partial charge in [0, 0.05) is 151 Å². The standard InChI is InChI=1S/4C31H16N2OS/c1-5-11-27-17(7-1)21-13-19-20-14-22-18-8-2-6-12-29(18)35-30(22)16-26(20)33-25-10-4-3-9-24(25)32-31(33)23(19)15-28(21)34-27;1-5-11-26-17(7-1)20-14-13-19-21-16-28-22(18-8-2-6-12-27(18)35-28)15-25(21)33-24-10-4-3-9-23(24)32-31(33)29(19)30(20)34-26;1-5-11-26-17(7-1)20-14-13-19-21-15-22-18-8-2-6-12-27(18)35-28(22)16-25(21)33-24-10-4-3-9-23(24)32-31(33)29(19)30(20)34-26;1-5-11-24-17(7-1)20-14-13-18-19-15-16-26-27(21-8-2-6-12-25(21)35-26)29(19)33-23-10-4-3-9-22(23)32-31(33)28(18)30(20)34-24/h4*1-16H. The number of benzene rings is 20. The molecule has 0 atom stereocenters. The van der Waals surface area contributed by atoms with Crippen LogP contribution in [0.25, 0.3) is 322 Å². The Morgan fingerprint density at radius 1 is 0.157 bits per heavy atom. The summed E-state index contributed by atoms with van der Waals surface area (Å²) in [7, 11) is 0. The van der Waals surface area contributed by atoms with Gasteiger partial charge in [-0.3, -0.25) is 17.6 Å². The number of hydrogen-bond donors (Lipinski definition) is 0. The number of hydrogen-bond acceptors (Lipinski definition) is 12. The Labute approximate surface area is 804 Å². The molecule has 0 saturated heterocycles. The van der Waals surface area contributed by atoms with E-state index in [0.717, 1.165) is 176 Å². The van der Waals surface area contributed by atoms with Gasteiger partial charge >= 0.3 is 0 Å². The number of rotatable bonds is 0. The van der Waals surface area contributed by atoms with Crippen molar-refractivity contribution < 1.29 is 17.7 Å². The Bertz CT molecular complexity index is 11900. The van der Waals surface area contributed by atoms with Crippen LogP contribution in [0.15, 0.2) is 406 Å². The van der Waals surface area contributed by atoms with Crippen molar-refractivity contribution in [3.63, 3.8) is 0 Å². The van der Waals surface area contributed by atoms with E-state index >= 15 is 0 Å². The molecule has 20 aromatic carbocycles. The van der Waals surface area contributed by atoms with E-state index in [1.807, 2.05) is 93.9 Å². The molecule has 0 bridgehead atoms. The molecule has 16 heterocycles. The van der Waals surface area contributed by atoms with Crippen LogP contribution in [0.4, 0.5) is 0 Å². The molecular formula is C124H64N8O4S4. The van der Waals surface area contributed by atoms with Gasteiger partial charge < -0.3 is 17.7 Å². The van der Waals surface area contributed by atoms with Crippen LogP contribution in [0.3, 0.4) is 0 Å². The van der Waals surface area contributed by atoms with Gasteiger partial charge in [0.2, 0.25) is 0 Å². The molecule has 648 valence electrons. The van der Waals surface area contributed by atoms with E-state index in [-0.39, 0.29) is 0 Å². The van der Waals surface area contributed by atoms with Gasteiger partial charge in [-0.05, 0) is 191 Å². The van der Waals surface area contributed by atoms with Crippen LogP contribution in [0.2, 0.25) is 0 Å². The minimum absolute atomic E-state index is 0.897. The maximum atomic E-state index is 6.51. The largest absolute Gasteiger partial charge is 0.456 e. The number of para-hydroxylation sites is 12. The first kappa shape index (κ1) is 75.6. The predicted molar refractivity (Wildman–Crippen MR) is 592 cm³/mol. The fourth-order valence-corrected chi connectivity index (χ4v) is 27.8. The van der Waals surface area contributed by atoms with Crippen molar-refractivity contribution in [1.82, 2.24) is 37.5 Å². The second-order valence-corrected chi connectivity index (χ2v) is 41.1. The van der Waals surface area contributed by atoms with Crippen LogP contribution < -0.4 is 0 Å². The van der Waals surface area contributed by atoms with Gasteiger partial charge in [0.25, 0.3) is 0 Å². The maximum absolute atomic E-state index is 6.51. The Morgan fingerprint density at radius 3 is 0.950 bits per heavy atom. The lowest BCUT2D eigenvalue weighted by Gasteiger charge is -2.11. The number of furan rings is 4. The number of thiophene rings is 4. The van der Waals surface area contributed by atoms with E-state index < -0.39 is 0 Å². The highest BCUT2D eigenvalue weighted by Gasteiger charge is 2.28. The summed E-state index contributed by atoms with van der Waals surface area (Å²) in [5.41, 5.74) is 24.2. The minimum Gasteiger partial charge on any atom is -0.456 e. The van der Waals surface area contributed by atoms with E-state index in [9.17, 15) is 0 Å². The Morgan fingerprint density at radius 2 is 0.471 bits per heavy atom. The molecule has 0 saturated carbocycles. The monoisotopic (exact) mass is 1860 g/mol. The van der Waals surface area contributed by atoms with Crippen molar-refractivity contribution in [2.45, 2.75) is 0 Å². The first-order valence-electron chi connectivity index (χ1n) is 46.9. The van der Waals surface area contributed by atoms with E-state index in [2.05, 4.69) is 357 Å². The summed E-state index contributed by atoms with van der Waals surface area (Å²) >= 11 is 7.41. The van der Waals surface area contributed by atoms with Gasteiger partial charge in [-0.1, -0.05) is 218 Å². The van der Waals surface area contributed by atoms with Gasteiger partial charge in [0.1, 0.15) is 67.3 Å². The third kappa shape index (κ3) is 10.4. The molecular weight excluding hydrogens is 1790 g/mol. The smallest absolute Gasteiger partial charge is 0.150 e. The van der Waals surface area contributed by atoms with E-state index in [0.29, 0.717) is 0 Å². The molecule has 0 fully saturated rings. The molecule has 12 nitrogen and oxygen atoms in total. The zero-order valence-electron chi connectivity index (χ0n) is 73.8. The molecule has 0 aliphatic carbocycles. The van der Waals surface area contributed by atoms with E-state index in [4.69, 9.17) is 37.6 Å². The molecule has 0 unspecified atom stereocenters. The van der Waals surface area contributed by atoms with Crippen molar-refractivity contribution in [3.05, 3.63) is 388 Å². The van der Waals surface area contributed by atoms with Crippen LogP contribution in [0, 0.1) is 0 Å². The molecule has 0 N–H and O–H groups in total. The first-order valence-corrected chi connectivity index (χ1v) is 50.2. The number of pyridine rings is 4. The van der Waals surface area contributed by atoms with E-state index in [1.165, 1.54) is 146 Å². The second kappa shape index (κ2) is 28.0. The minimum atomic E-state index is 0.897. The van der Waals surface area contributed by atoms with Crippen LogP contribution in [0.5, 0.6) is 0 Å². The summed E-state index contributed by atoms with van der Waals surface area (Å²) < 4.78 is 45.6. The molecule has 0 aliphatic rings. The molecule has 0 aliphatic heterocycles. The molecule has 16 heteroatoms. The normalized spacial score (nSPS) is 12.6. The Balaban J connectivity index is 0.0000000829. The van der Waals surface area contributed by atoms with Crippen LogP contribution in [0.1, 0.15) is 0 Å². The maximum Gasteiger partial charge on any atom is 0.150 e. The average molecular weight is 1860 g/mol. The topological polar surface area (TPSA) is 122 Å². The summed E-state index contributed by atoms with van der Waals surface area (Å²) in [5.74, 6) is 0. The number of nitrogens with zero attached hydrogens (tertiary/aromatic N) is 8. The predicted octanol–water partition coefficient (Wildman–Crippen LogP) is 36.2. The summed E-state index contributed by atoms with van der Waals surface area (Å²) in [6.07, 6.45) is 0. The lowest BCUT2D eigenvalue weighted by atomic mass is 10.0. The van der Waals surface area contributed by atoms with Gasteiger partial charge in [-0.2, -0.15) is 0 Å².